The Morgan fingerprint density at radius 3 is 2.85 bits per heavy atom. The van der Waals surface area contributed by atoms with Crippen LogP contribution in [0.4, 0.5) is 0 Å². The number of rotatable bonds is 1. The van der Waals surface area contributed by atoms with E-state index in [9.17, 15) is 4.79 Å². The number of ether oxygens (including phenoxy) is 1. The third kappa shape index (κ3) is 2.99. The van der Waals surface area contributed by atoms with Gasteiger partial charge in [0.1, 0.15) is 0 Å². The average Bonchev–Trinajstić information content (AvgIpc) is 2.28. The fraction of sp³-hybridized carbons (Fsp3) is 0.900. The molecule has 0 aliphatic carbocycles. The molecule has 1 atom stereocenters. The zero-order valence-corrected chi connectivity index (χ0v) is 8.75. The lowest BCUT2D eigenvalue weighted by molar-refractivity contribution is -0.135. The van der Waals surface area contributed by atoms with Crippen LogP contribution in [0.3, 0.4) is 0 Å². The van der Waals surface area contributed by atoms with Crippen LogP contribution in [0.15, 0.2) is 0 Å². The van der Waals surface area contributed by atoms with Gasteiger partial charge in [-0.15, -0.1) is 0 Å². The summed E-state index contributed by atoms with van der Waals surface area (Å²) in [4.78, 5) is 13.6. The van der Waals surface area contributed by atoms with Crippen molar-refractivity contribution in [1.82, 2.24) is 4.90 Å². The number of nitrogens with zero attached hydrogens (tertiary/aromatic N) is 1. The van der Waals surface area contributed by atoms with Crippen LogP contribution in [0.1, 0.15) is 27.2 Å². The Hall–Kier alpha value is -0.570. The smallest absolute Gasteiger partial charge is 0.225 e. The van der Waals surface area contributed by atoms with E-state index in [-0.39, 0.29) is 17.9 Å². The van der Waals surface area contributed by atoms with E-state index in [1.807, 2.05) is 25.7 Å². The zero-order chi connectivity index (χ0) is 9.84. The van der Waals surface area contributed by atoms with Crippen molar-refractivity contribution in [3.63, 3.8) is 0 Å². The summed E-state index contributed by atoms with van der Waals surface area (Å²) in [5.41, 5.74) is 0. The Bertz CT molecular complexity index is 180. The summed E-state index contributed by atoms with van der Waals surface area (Å²) in [5, 5.41) is 0. The van der Waals surface area contributed by atoms with Crippen LogP contribution in [0.5, 0.6) is 0 Å². The van der Waals surface area contributed by atoms with Gasteiger partial charge in [-0.25, -0.2) is 0 Å². The third-order valence-corrected chi connectivity index (χ3v) is 2.26. The van der Waals surface area contributed by atoms with Crippen LogP contribution in [0.2, 0.25) is 0 Å². The van der Waals surface area contributed by atoms with Crippen LogP contribution in [0, 0.1) is 5.92 Å². The SMILES string of the molecule is CC1CN(C(=O)C(C)C)CCCO1. The molecule has 1 aliphatic rings. The van der Waals surface area contributed by atoms with Crippen molar-refractivity contribution in [3.8, 4) is 0 Å². The summed E-state index contributed by atoms with van der Waals surface area (Å²) in [6, 6.07) is 0. The van der Waals surface area contributed by atoms with Crippen molar-refractivity contribution >= 4 is 5.91 Å². The van der Waals surface area contributed by atoms with Gasteiger partial charge in [-0.3, -0.25) is 4.79 Å². The molecule has 76 valence electrons. The van der Waals surface area contributed by atoms with Gasteiger partial charge in [0.15, 0.2) is 0 Å². The van der Waals surface area contributed by atoms with Crippen LogP contribution < -0.4 is 0 Å². The van der Waals surface area contributed by atoms with Gasteiger partial charge in [-0.1, -0.05) is 13.8 Å². The van der Waals surface area contributed by atoms with Gasteiger partial charge in [0, 0.05) is 25.6 Å². The summed E-state index contributed by atoms with van der Waals surface area (Å²) in [7, 11) is 0. The lowest BCUT2D eigenvalue weighted by atomic mass is 10.2. The van der Waals surface area contributed by atoms with Gasteiger partial charge >= 0.3 is 0 Å². The molecule has 1 rings (SSSR count). The molecule has 1 fully saturated rings. The van der Waals surface area contributed by atoms with Gasteiger partial charge < -0.3 is 9.64 Å². The van der Waals surface area contributed by atoms with Crippen LogP contribution in [-0.2, 0) is 9.53 Å². The number of carbonyl (C=O) groups excluding carboxylic acids is 1. The first-order chi connectivity index (χ1) is 6.11. The summed E-state index contributed by atoms with van der Waals surface area (Å²) in [6.07, 6.45) is 1.15. The molecular weight excluding hydrogens is 166 g/mol. The van der Waals surface area contributed by atoms with E-state index < -0.39 is 0 Å². The molecule has 1 heterocycles. The number of hydrogen-bond acceptors (Lipinski definition) is 2. The maximum Gasteiger partial charge on any atom is 0.225 e. The second-order valence-electron chi connectivity index (χ2n) is 3.97. The monoisotopic (exact) mass is 185 g/mol. The largest absolute Gasteiger partial charge is 0.377 e. The second kappa shape index (κ2) is 4.61. The van der Waals surface area contributed by atoms with E-state index in [2.05, 4.69) is 0 Å². The van der Waals surface area contributed by atoms with E-state index in [1.165, 1.54) is 0 Å². The minimum absolute atomic E-state index is 0.102. The molecule has 0 aromatic heterocycles. The lowest BCUT2D eigenvalue weighted by Gasteiger charge is -2.23. The van der Waals surface area contributed by atoms with Crippen LogP contribution in [0.25, 0.3) is 0 Å². The normalized spacial score (nSPS) is 24.6. The Balaban J connectivity index is 2.52. The number of hydrogen-bond donors (Lipinski definition) is 0. The van der Waals surface area contributed by atoms with E-state index >= 15 is 0 Å². The Kier molecular flexibility index (Phi) is 3.72. The average molecular weight is 185 g/mol. The summed E-state index contributed by atoms with van der Waals surface area (Å²) in [6.45, 7) is 8.28. The molecule has 0 bridgehead atoms. The van der Waals surface area contributed by atoms with Crippen molar-refractivity contribution in [3.05, 3.63) is 0 Å². The lowest BCUT2D eigenvalue weighted by Crippen LogP contribution is -2.38. The summed E-state index contributed by atoms with van der Waals surface area (Å²) >= 11 is 0. The third-order valence-electron chi connectivity index (χ3n) is 2.26. The molecule has 13 heavy (non-hydrogen) atoms. The predicted molar refractivity (Wildman–Crippen MR) is 51.4 cm³/mol. The van der Waals surface area contributed by atoms with Gasteiger partial charge in [0.05, 0.1) is 6.10 Å². The van der Waals surface area contributed by atoms with Crippen LogP contribution >= 0.6 is 0 Å². The summed E-state index contributed by atoms with van der Waals surface area (Å²) < 4.78 is 5.47. The highest BCUT2D eigenvalue weighted by Gasteiger charge is 2.21. The van der Waals surface area contributed by atoms with E-state index in [0.717, 1.165) is 26.1 Å². The number of carbonyl (C=O) groups is 1. The summed E-state index contributed by atoms with van der Waals surface area (Å²) in [5.74, 6) is 0.350. The fourth-order valence-electron chi connectivity index (χ4n) is 1.56. The topological polar surface area (TPSA) is 29.5 Å². The van der Waals surface area contributed by atoms with Gasteiger partial charge in [0.2, 0.25) is 5.91 Å². The molecule has 1 saturated heterocycles. The van der Waals surface area contributed by atoms with Gasteiger partial charge in [0.25, 0.3) is 0 Å². The zero-order valence-electron chi connectivity index (χ0n) is 8.75. The molecule has 0 saturated carbocycles. The molecule has 0 radical (unpaired) electrons. The minimum Gasteiger partial charge on any atom is -0.377 e. The predicted octanol–water partition coefficient (Wildman–Crippen LogP) is 1.28. The van der Waals surface area contributed by atoms with Gasteiger partial charge in [-0.05, 0) is 13.3 Å². The molecule has 3 nitrogen and oxygen atoms in total. The number of amides is 1. The molecular formula is C10H19NO2. The standard InChI is InChI=1S/C10H19NO2/c1-8(2)10(12)11-5-4-6-13-9(3)7-11/h8-9H,4-7H2,1-3H3. The maximum absolute atomic E-state index is 11.7. The van der Waals surface area contributed by atoms with Crippen molar-refractivity contribution in [2.45, 2.75) is 33.3 Å². The molecule has 0 N–H and O–H groups in total. The van der Waals surface area contributed by atoms with Crippen molar-refractivity contribution in [2.24, 2.45) is 5.92 Å². The van der Waals surface area contributed by atoms with E-state index in [0.29, 0.717) is 0 Å². The first-order valence-electron chi connectivity index (χ1n) is 5.01. The Morgan fingerprint density at radius 1 is 1.54 bits per heavy atom. The highest BCUT2D eigenvalue weighted by molar-refractivity contribution is 5.78. The first kappa shape index (κ1) is 10.5. The molecule has 3 heteroatoms. The fourth-order valence-corrected chi connectivity index (χ4v) is 1.56. The van der Waals surface area contributed by atoms with Gasteiger partial charge in [-0.2, -0.15) is 0 Å². The second-order valence-corrected chi connectivity index (χ2v) is 3.97. The van der Waals surface area contributed by atoms with E-state index in [1.54, 1.807) is 0 Å². The van der Waals surface area contributed by atoms with E-state index in [4.69, 9.17) is 4.74 Å². The van der Waals surface area contributed by atoms with Crippen LogP contribution in [-0.4, -0.2) is 36.6 Å². The van der Waals surface area contributed by atoms with Crippen molar-refractivity contribution in [2.75, 3.05) is 19.7 Å². The highest BCUT2D eigenvalue weighted by atomic mass is 16.5. The highest BCUT2D eigenvalue weighted by Crippen LogP contribution is 2.09. The quantitative estimate of drug-likeness (QED) is 0.616. The van der Waals surface area contributed by atoms with Crippen molar-refractivity contribution < 1.29 is 9.53 Å². The van der Waals surface area contributed by atoms with Crippen molar-refractivity contribution in [1.29, 1.82) is 0 Å². The molecule has 1 amide bonds. The maximum atomic E-state index is 11.7. The Morgan fingerprint density at radius 2 is 2.23 bits per heavy atom. The molecule has 0 aromatic carbocycles. The molecule has 1 unspecified atom stereocenters. The minimum atomic E-state index is 0.102. The molecule has 0 spiro atoms. The first-order valence-corrected chi connectivity index (χ1v) is 5.01. The molecule has 1 aliphatic heterocycles. The molecule has 0 aromatic rings. The Labute approximate surface area is 80.1 Å².